The van der Waals surface area contributed by atoms with Crippen LogP contribution in [0.5, 0.6) is 5.75 Å². The lowest BCUT2D eigenvalue weighted by Crippen LogP contribution is -2.09. The second-order valence-electron chi connectivity index (χ2n) is 6.00. The maximum atomic E-state index is 9.67. The summed E-state index contributed by atoms with van der Waals surface area (Å²) in [4.78, 5) is 8.73. The van der Waals surface area contributed by atoms with Crippen molar-refractivity contribution in [3.05, 3.63) is 58.2 Å². The number of nitrogens with one attached hydrogen (secondary N) is 2. The maximum absolute atomic E-state index is 9.67. The Balaban J connectivity index is 1.56. The molecule has 0 amide bonds. The largest absolute Gasteiger partial charge is 0.497 e. The number of rotatable bonds is 5. The van der Waals surface area contributed by atoms with Crippen LogP contribution in [-0.2, 0) is 0 Å². The Bertz CT molecular complexity index is 926. The van der Waals surface area contributed by atoms with E-state index in [4.69, 9.17) is 4.74 Å². The number of nitrogens with zero attached hydrogens (tertiary/aromatic N) is 3. The Morgan fingerprint density at radius 3 is 2.81 bits per heavy atom. The van der Waals surface area contributed by atoms with Crippen LogP contribution in [0.4, 0.5) is 5.95 Å². The molecule has 7 heteroatoms. The second-order valence-corrected chi connectivity index (χ2v) is 6.88. The van der Waals surface area contributed by atoms with Crippen molar-refractivity contribution in [2.75, 3.05) is 12.4 Å². The molecule has 2 N–H and O–H groups in total. The van der Waals surface area contributed by atoms with E-state index in [2.05, 4.69) is 26.7 Å². The first kappa shape index (κ1) is 16.5. The molecule has 1 aliphatic carbocycles. The Morgan fingerprint density at radius 2 is 2.12 bits per heavy atom. The molecule has 6 nitrogen and oxygen atoms in total. The van der Waals surface area contributed by atoms with Crippen LogP contribution in [0.1, 0.15) is 24.1 Å². The first-order valence-corrected chi connectivity index (χ1v) is 9.17. The number of methoxy groups -OCH3 is 1. The van der Waals surface area contributed by atoms with Gasteiger partial charge in [0.05, 0.1) is 23.5 Å². The van der Waals surface area contributed by atoms with E-state index in [1.807, 2.05) is 29.7 Å². The van der Waals surface area contributed by atoms with Gasteiger partial charge >= 0.3 is 0 Å². The highest BCUT2D eigenvalue weighted by Crippen LogP contribution is 2.35. The van der Waals surface area contributed by atoms with E-state index in [9.17, 15) is 5.26 Å². The smallest absolute Gasteiger partial charge is 0.223 e. The fraction of sp³-hybridized carbons (Fsp3) is 0.211. The number of allylic oxidation sites excluding steroid dienone is 1. The molecule has 0 saturated heterocycles. The molecular weight excluding hydrogens is 346 g/mol. The molecule has 0 radical (unpaired) electrons. The molecule has 1 saturated carbocycles. The quantitative estimate of drug-likeness (QED) is 0.786. The molecule has 1 aliphatic heterocycles. The normalized spacial score (nSPS) is 17.8. The summed E-state index contributed by atoms with van der Waals surface area (Å²) in [7, 11) is 1.64. The number of aromatic nitrogens is 2. The van der Waals surface area contributed by atoms with Crippen LogP contribution >= 0.6 is 11.8 Å². The average Bonchev–Trinajstić information content (AvgIpc) is 3.36. The Morgan fingerprint density at radius 1 is 1.31 bits per heavy atom. The van der Waals surface area contributed by atoms with Gasteiger partial charge in [0.25, 0.3) is 0 Å². The van der Waals surface area contributed by atoms with Crippen LogP contribution in [-0.4, -0.2) is 23.1 Å². The van der Waals surface area contributed by atoms with E-state index in [0.29, 0.717) is 23.3 Å². The van der Waals surface area contributed by atoms with Crippen molar-refractivity contribution >= 4 is 29.0 Å². The summed E-state index contributed by atoms with van der Waals surface area (Å²) < 4.78 is 5.19. The van der Waals surface area contributed by atoms with Crippen molar-refractivity contribution in [3.8, 4) is 11.8 Å². The zero-order valence-corrected chi connectivity index (χ0v) is 15.0. The van der Waals surface area contributed by atoms with Crippen molar-refractivity contribution in [2.45, 2.75) is 18.9 Å². The third-order valence-corrected chi connectivity index (χ3v) is 5.00. The molecule has 2 heterocycles. The van der Waals surface area contributed by atoms with Gasteiger partial charge in [0.2, 0.25) is 5.95 Å². The van der Waals surface area contributed by atoms with Crippen molar-refractivity contribution < 1.29 is 4.74 Å². The summed E-state index contributed by atoms with van der Waals surface area (Å²) in [5, 5.41) is 19.0. The zero-order valence-electron chi connectivity index (χ0n) is 14.2. The molecule has 130 valence electrons. The molecular formula is C19H17N5OS. The van der Waals surface area contributed by atoms with Crippen LogP contribution < -0.4 is 15.4 Å². The third kappa shape index (κ3) is 3.51. The first-order chi connectivity index (χ1) is 12.8. The van der Waals surface area contributed by atoms with Crippen molar-refractivity contribution in [2.24, 2.45) is 0 Å². The van der Waals surface area contributed by atoms with Gasteiger partial charge in [0.15, 0.2) is 0 Å². The van der Waals surface area contributed by atoms with Gasteiger partial charge in [0.1, 0.15) is 17.4 Å². The molecule has 1 aromatic heterocycles. The SMILES string of the molecule is COc1ccc(C2=CS/C(=C(/C#N)c3ccnc(NC4CC4)n3)N2)cc1. The van der Waals surface area contributed by atoms with E-state index < -0.39 is 0 Å². The van der Waals surface area contributed by atoms with Gasteiger partial charge in [-0.05, 0) is 48.7 Å². The lowest BCUT2D eigenvalue weighted by molar-refractivity contribution is 0.415. The van der Waals surface area contributed by atoms with Crippen molar-refractivity contribution in [3.63, 3.8) is 0 Å². The molecule has 0 atom stereocenters. The van der Waals surface area contributed by atoms with Gasteiger partial charge in [-0.3, -0.25) is 0 Å². The van der Waals surface area contributed by atoms with Gasteiger partial charge in [0, 0.05) is 17.6 Å². The van der Waals surface area contributed by atoms with Crippen LogP contribution in [0.25, 0.3) is 11.3 Å². The Labute approximate surface area is 156 Å². The summed E-state index contributed by atoms with van der Waals surface area (Å²) in [6.07, 6.45) is 3.97. The van der Waals surface area contributed by atoms with Gasteiger partial charge < -0.3 is 15.4 Å². The predicted octanol–water partition coefficient (Wildman–Crippen LogP) is 3.59. The number of hydrogen-bond acceptors (Lipinski definition) is 7. The van der Waals surface area contributed by atoms with Crippen LogP contribution in [0.3, 0.4) is 0 Å². The number of ether oxygens (including phenoxy) is 1. The molecule has 0 unspecified atom stereocenters. The van der Waals surface area contributed by atoms with Crippen molar-refractivity contribution in [1.82, 2.24) is 15.3 Å². The summed E-state index contributed by atoms with van der Waals surface area (Å²) in [6, 6.07) is 12.3. The molecule has 1 fully saturated rings. The van der Waals surface area contributed by atoms with Gasteiger partial charge in [-0.25, -0.2) is 9.97 Å². The van der Waals surface area contributed by atoms with Gasteiger partial charge in [-0.1, -0.05) is 11.8 Å². The lowest BCUT2D eigenvalue weighted by Gasteiger charge is -2.09. The molecule has 2 aliphatic rings. The lowest BCUT2D eigenvalue weighted by atomic mass is 10.1. The minimum absolute atomic E-state index is 0.464. The molecule has 26 heavy (non-hydrogen) atoms. The van der Waals surface area contributed by atoms with Crippen molar-refractivity contribution in [1.29, 1.82) is 5.26 Å². The fourth-order valence-electron chi connectivity index (χ4n) is 2.53. The summed E-state index contributed by atoms with van der Waals surface area (Å²) in [6.45, 7) is 0. The molecule has 0 bridgehead atoms. The maximum Gasteiger partial charge on any atom is 0.223 e. The number of nitriles is 1. The number of benzene rings is 1. The summed E-state index contributed by atoms with van der Waals surface area (Å²) in [5.74, 6) is 1.38. The van der Waals surface area contributed by atoms with Crippen LogP contribution in [0, 0.1) is 11.3 Å². The molecule has 2 aromatic rings. The highest BCUT2D eigenvalue weighted by atomic mass is 32.2. The van der Waals surface area contributed by atoms with Crippen LogP contribution in [0.2, 0.25) is 0 Å². The fourth-order valence-corrected chi connectivity index (χ4v) is 3.40. The minimum Gasteiger partial charge on any atom is -0.497 e. The van der Waals surface area contributed by atoms with Crippen LogP contribution in [0.15, 0.2) is 47.0 Å². The Hall–Kier alpha value is -2.98. The van der Waals surface area contributed by atoms with Gasteiger partial charge in [-0.15, -0.1) is 0 Å². The Kier molecular flexibility index (Phi) is 4.50. The predicted molar refractivity (Wildman–Crippen MR) is 103 cm³/mol. The monoisotopic (exact) mass is 363 g/mol. The summed E-state index contributed by atoms with van der Waals surface area (Å²) in [5.41, 5.74) is 3.11. The standard InChI is InChI=1S/C19H17N5OS/c1-25-14-6-2-12(3-7-14)17-11-26-18(23-17)15(10-20)16-8-9-21-19(24-16)22-13-4-5-13/h2-3,6-9,11,13,23H,4-5H2,1H3,(H,21,22,24)/b18-15-. The van der Waals surface area contributed by atoms with E-state index in [1.54, 1.807) is 19.4 Å². The third-order valence-electron chi connectivity index (χ3n) is 4.11. The number of anilines is 1. The molecule has 0 spiro atoms. The molecule has 1 aromatic carbocycles. The second kappa shape index (κ2) is 7.10. The highest BCUT2D eigenvalue weighted by Gasteiger charge is 2.23. The number of hydrogen-bond donors (Lipinski definition) is 2. The van der Waals surface area contributed by atoms with E-state index in [0.717, 1.165) is 34.9 Å². The zero-order chi connectivity index (χ0) is 17.9. The minimum atomic E-state index is 0.464. The van der Waals surface area contributed by atoms with E-state index >= 15 is 0 Å². The van der Waals surface area contributed by atoms with E-state index in [1.165, 1.54) is 11.8 Å². The number of thioether (sulfide) groups is 1. The summed E-state index contributed by atoms with van der Waals surface area (Å²) >= 11 is 1.49. The van der Waals surface area contributed by atoms with Gasteiger partial charge in [-0.2, -0.15) is 5.26 Å². The average molecular weight is 363 g/mol. The van der Waals surface area contributed by atoms with E-state index in [-0.39, 0.29) is 0 Å². The molecule has 4 rings (SSSR count). The highest BCUT2D eigenvalue weighted by molar-refractivity contribution is 8.06. The first-order valence-electron chi connectivity index (χ1n) is 8.29. The topological polar surface area (TPSA) is 82.9 Å².